The summed E-state index contributed by atoms with van der Waals surface area (Å²) in [5.74, 6) is 1.21. The maximum absolute atomic E-state index is 5.82. The van der Waals surface area contributed by atoms with Crippen LogP contribution in [0.15, 0.2) is 0 Å². The van der Waals surface area contributed by atoms with Crippen LogP contribution in [0, 0.1) is 0 Å². The van der Waals surface area contributed by atoms with E-state index in [-0.39, 0.29) is 12.2 Å². The molecule has 96 valence electrons. The summed E-state index contributed by atoms with van der Waals surface area (Å²) in [4.78, 5) is 2.25. The predicted molar refractivity (Wildman–Crippen MR) is 69.9 cm³/mol. The van der Waals surface area contributed by atoms with E-state index in [1.54, 1.807) is 0 Å². The summed E-state index contributed by atoms with van der Waals surface area (Å²) in [5.41, 5.74) is 5.82. The molecular formula is C11H19N3O2S. The van der Waals surface area contributed by atoms with Crippen LogP contribution >= 0.6 is 11.5 Å². The molecule has 2 rings (SSSR count). The van der Waals surface area contributed by atoms with Crippen LogP contribution < -0.4 is 15.4 Å². The highest BCUT2D eigenvalue weighted by atomic mass is 32.1. The number of nitrogens with two attached hydrogens (primary N) is 1. The van der Waals surface area contributed by atoms with Crippen LogP contribution in [-0.4, -0.2) is 36.3 Å². The van der Waals surface area contributed by atoms with Crippen molar-refractivity contribution in [3.05, 3.63) is 0 Å². The van der Waals surface area contributed by atoms with Gasteiger partial charge in [-0.1, -0.05) is 0 Å². The summed E-state index contributed by atoms with van der Waals surface area (Å²) in [6.45, 7) is 8.41. The third kappa shape index (κ3) is 2.63. The maximum Gasteiger partial charge on any atom is 0.197 e. The van der Waals surface area contributed by atoms with Crippen LogP contribution in [0.5, 0.6) is 5.75 Å². The smallest absolute Gasteiger partial charge is 0.197 e. The monoisotopic (exact) mass is 257 g/mol. The Hall–Kier alpha value is -1.01. The normalized spacial score (nSPS) is 25.0. The van der Waals surface area contributed by atoms with Crippen molar-refractivity contribution in [2.45, 2.75) is 33.0 Å². The Balaban J connectivity index is 2.21. The first-order valence-corrected chi connectivity index (χ1v) is 6.67. The van der Waals surface area contributed by atoms with Gasteiger partial charge in [-0.05, 0) is 32.3 Å². The Labute approximate surface area is 106 Å². The molecule has 0 bridgehead atoms. The number of ether oxygens (including phenoxy) is 2. The lowest BCUT2D eigenvalue weighted by molar-refractivity contribution is -0.00511. The van der Waals surface area contributed by atoms with Gasteiger partial charge in [0.2, 0.25) is 0 Å². The van der Waals surface area contributed by atoms with Gasteiger partial charge in [-0.3, -0.25) is 0 Å². The van der Waals surface area contributed by atoms with E-state index >= 15 is 0 Å². The molecule has 0 radical (unpaired) electrons. The zero-order valence-corrected chi connectivity index (χ0v) is 11.3. The first-order chi connectivity index (χ1) is 8.11. The van der Waals surface area contributed by atoms with Crippen LogP contribution in [0.1, 0.15) is 20.8 Å². The zero-order valence-electron chi connectivity index (χ0n) is 10.5. The summed E-state index contributed by atoms with van der Waals surface area (Å²) in [7, 11) is 0. The van der Waals surface area contributed by atoms with Gasteiger partial charge < -0.3 is 20.1 Å². The van der Waals surface area contributed by atoms with Crippen molar-refractivity contribution in [1.82, 2.24) is 4.37 Å². The van der Waals surface area contributed by atoms with Crippen LogP contribution in [0.3, 0.4) is 0 Å². The molecule has 1 aromatic heterocycles. The summed E-state index contributed by atoms with van der Waals surface area (Å²) in [5, 5.41) is 1.02. The fourth-order valence-electron chi connectivity index (χ4n) is 2.11. The van der Waals surface area contributed by atoms with E-state index in [0.717, 1.165) is 23.8 Å². The molecule has 1 aliphatic heterocycles. The van der Waals surface area contributed by atoms with Gasteiger partial charge in [0.25, 0.3) is 0 Å². The van der Waals surface area contributed by atoms with Gasteiger partial charge in [-0.15, -0.1) is 0 Å². The molecule has 1 aromatic rings. The number of nitrogen functional groups attached to an aromatic ring is 1. The summed E-state index contributed by atoms with van der Waals surface area (Å²) < 4.78 is 15.5. The maximum atomic E-state index is 5.82. The van der Waals surface area contributed by atoms with Gasteiger partial charge in [-0.25, -0.2) is 0 Å². The van der Waals surface area contributed by atoms with Gasteiger partial charge in [0.05, 0.1) is 18.8 Å². The minimum atomic E-state index is 0.219. The molecule has 5 nitrogen and oxygen atoms in total. The van der Waals surface area contributed by atoms with E-state index < -0.39 is 0 Å². The predicted octanol–water partition coefficient (Wildman–Crippen LogP) is 1.74. The lowest BCUT2D eigenvalue weighted by atomic mass is 10.2. The van der Waals surface area contributed by atoms with Gasteiger partial charge in [0.15, 0.2) is 16.6 Å². The molecular weight excluding hydrogens is 238 g/mol. The summed E-state index contributed by atoms with van der Waals surface area (Å²) in [6.07, 6.45) is 0.438. The minimum Gasteiger partial charge on any atom is -0.487 e. The van der Waals surface area contributed by atoms with E-state index in [9.17, 15) is 0 Å². The molecule has 0 aliphatic carbocycles. The highest BCUT2D eigenvalue weighted by Crippen LogP contribution is 2.39. The lowest BCUT2D eigenvalue weighted by Crippen LogP contribution is -2.45. The van der Waals surface area contributed by atoms with Crippen LogP contribution in [0.4, 0.5) is 10.8 Å². The third-order valence-electron chi connectivity index (χ3n) is 2.65. The average Bonchev–Trinajstić information content (AvgIpc) is 2.60. The standard InChI is InChI=1S/C11H19N3O2S/c1-4-15-9-10(12)13-17-11(9)14-5-7(2)16-8(3)6-14/h7-8H,4-6H2,1-3H3,(H2,12,13)/t7-,8+. The number of aromatic nitrogens is 1. The second-order valence-corrected chi connectivity index (χ2v) is 5.05. The van der Waals surface area contributed by atoms with E-state index in [1.165, 1.54) is 11.5 Å². The fraction of sp³-hybridized carbons (Fsp3) is 0.727. The van der Waals surface area contributed by atoms with Crippen LogP contribution in [0.2, 0.25) is 0 Å². The van der Waals surface area contributed by atoms with Gasteiger partial charge in [0.1, 0.15) is 0 Å². The molecule has 0 unspecified atom stereocenters. The molecule has 0 saturated carbocycles. The number of rotatable bonds is 3. The number of nitrogens with zero attached hydrogens (tertiary/aromatic N) is 2. The molecule has 1 saturated heterocycles. The summed E-state index contributed by atoms with van der Waals surface area (Å²) >= 11 is 1.40. The largest absolute Gasteiger partial charge is 0.487 e. The van der Waals surface area contributed by atoms with Gasteiger partial charge >= 0.3 is 0 Å². The average molecular weight is 257 g/mol. The second kappa shape index (κ2) is 5.10. The molecule has 2 N–H and O–H groups in total. The van der Waals surface area contributed by atoms with Gasteiger partial charge in [-0.2, -0.15) is 4.37 Å². The summed E-state index contributed by atoms with van der Waals surface area (Å²) in [6, 6.07) is 0. The number of anilines is 2. The minimum absolute atomic E-state index is 0.219. The third-order valence-corrected chi connectivity index (χ3v) is 3.56. The van der Waals surface area contributed by atoms with E-state index in [0.29, 0.717) is 12.4 Å². The number of hydrogen-bond donors (Lipinski definition) is 1. The topological polar surface area (TPSA) is 60.6 Å². The molecule has 0 aromatic carbocycles. The molecule has 17 heavy (non-hydrogen) atoms. The first kappa shape index (κ1) is 12.4. The quantitative estimate of drug-likeness (QED) is 0.893. The van der Waals surface area contributed by atoms with Crippen molar-refractivity contribution < 1.29 is 9.47 Å². The fourth-order valence-corrected chi connectivity index (χ4v) is 2.89. The molecule has 6 heteroatoms. The van der Waals surface area contributed by atoms with Crippen molar-refractivity contribution >= 4 is 22.4 Å². The molecule has 2 heterocycles. The van der Waals surface area contributed by atoms with Gasteiger partial charge in [0, 0.05) is 13.1 Å². The SMILES string of the molecule is CCOc1c(N)nsc1N1C[C@@H](C)O[C@@H](C)C1. The molecule has 1 fully saturated rings. The Morgan fingerprint density at radius 2 is 2.12 bits per heavy atom. The Bertz CT molecular complexity index is 373. The van der Waals surface area contributed by atoms with Crippen molar-refractivity contribution in [3.8, 4) is 5.75 Å². The van der Waals surface area contributed by atoms with Crippen LogP contribution in [0.25, 0.3) is 0 Å². The van der Waals surface area contributed by atoms with E-state index in [1.807, 2.05) is 6.92 Å². The van der Waals surface area contributed by atoms with Crippen molar-refractivity contribution in [1.29, 1.82) is 0 Å². The van der Waals surface area contributed by atoms with Crippen molar-refractivity contribution in [3.63, 3.8) is 0 Å². The molecule has 1 aliphatic rings. The lowest BCUT2D eigenvalue weighted by Gasteiger charge is -2.35. The Kier molecular flexibility index (Phi) is 3.73. The molecule has 2 atom stereocenters. The highest BCUT2D eigenvalue weighted by molar-refractivity contribution is 7.11. The van der Waals surface area contributed by atoms with Crippen molar-refractivity contribution in [2.24, 2.45) is 0 Å². The molecule has 0 spiro atoms. The Morgan fingerprint density at radius 3 is 2.71 bits per heavy atom. The van der Waals surface area contributed by atoms with Crippen molar-refractivity contribution in [2.75, 3.05) is 30.3 Å². The zero-order chi connectivity index (χ0) is 12.4. The first-order valence-electron chi connectivity index (χ1n) is 5.90. The number of hydrogen-bond acceptors (Lipinski definition) is 6. The van der Waals surface area contributed by atoms with E-state index in [2.05, 4.69) is 23.1 Å². The van der Waals surface area contributed by atoms with Crippen LogP contribution in [-0.2, 0) is 4.74 Å². The Morgan fingerprint density at radius 1 is 1.47 bits per heavy atom. The van der Waals surface area contributed by atoms with E-state index in [4.69, 9.17) is 15.2 Å². The molecule has 0 amide bonds. The highest BCUT2D eigenvalue weighted by Gasteiger charge is 2.27. The second-order valence-electron chi connectivity index (χ2n) is 4.30. The number of morpholine rings is 1.